The Hall–Kier alpha value is -3.25. The molecule has 0 saturated carbocycles. The number of hydrogen-bond acceptors (Lipinski definition) is 6. The third-order valence-corrected chi connectivity index (χ3v) is 6.03. The van der Waals surface area contributed by atoms with Crippen molar-refractivity contribution in [3.8, 4) is 11.4 Å². The minimum atomic E-state index is -4.76. The molecule has 1 atom stereocenters. The summed E-state index contributed by atoms with van der Waals surface area (Å²) >= 11 is 5.82. The number of halogens is 4. The Balaban J connectivity index is 1.66. The maximum absolute atomic E-state index is 12.8. The molecule has 1 aromatic carbocycles. The topological polar surface area (TPSA) is 103 Å². The molecular formula is C18H11ClF3N5O3S. The van der Waals surface area contributed by atoms with E-state index in [9.17, 15) is 22.2 Å². The van der Waals surface area contributed by atoms with Crippen LogP contribution in [-0.2, 0) is 15.9 Å². The number of fused-ring (bicyclic) bond motifs is 1. The summed E-state index contributed by atoms with van der Waals surface area (Å²) in [6.45, 7) is 0. The lowest BCUT2D eigenvalue weighted by Crippen LogP contribution is -2.04. The molecule has 8 nitrogen and oxygen atoms in total. The molecule has 0 radical (unpaired) electrons. The summed E-state index contributed by atoms with van der Waals surface area (Å²) in [5.74, 6) is -2.57. The largest absolute Gasteiger partial charge is 0.471 e. The van der Waals surface area contributed by atoms with Gasteiger partial charge in [-0.1, -0.05) is 16.8 Å². The molecule has 0 saturated heterocycles. The van der Waals surface area contributed by atoms with Crippen LogP contribution in [-0.4, -0.2) is 35.9 Å². The van der Waals surface area contributed by atoms with Crippen molar-refractivity contribution in [2.45, 2.75) is 11.1 Å². The molecule has 0 aliphatic heterocycles. The van der Waals surface area contributed by atoms with Gasteiger partial charge in [0.2, 0.25) is 5.82 Å². The summed E-state index contributed by atoms with van der Waals surface area (Å²) in [6.07, 6.45) is -0.627. The van der Waals surface area contributed by atoms with E-state index in [2.05, 4.69) is 24.0 Å². The quantitative estimate of drug-likeness (QED) is 0.442. The van der Waals surface area contributed by atoms with E-state index in [0.717, 1.165) is 0 Å². The molecule has 0 aliphatic rings. The molecule has 31 heavy (non-hydrogen) atoms. The van der Waals surface area contributed by atoms with Crippen molar-refractivity contribution < 1.29 is 26.7 Å². The van der Waals surface area contributed by atoms with Gasteiger partial charge in [-0.15, -0.1) is 0 Å². The maximum atomic E-state index is 12.8. The molecule has 1 amide bonds. The van der Waals surface area contributed by atoms with Crippen molar-refractivity contribution in [2.24, 2.45) is 4.36 Å². The van der Waals surface area contributed by atoms with Crippen LogP contribution < -0.4 is 0 Å². The molecule has 0 fully saturated rings. The van der Waals surface area contributed by atoms with Gasteiger partial charge in [-0.25, -0.2) is 9.19 Å². The zero-order chi connectivity index (χ0) is 22.4. The van der Waals surface area contributed by atoms with Crippen molar-refractivity contribution >= 4 is 32.9 Å². The van der Waals surface area contributed by atoms with Crippen LogP contribution in [0.15, 0.2) is 62.6 Å². The fourth-order valence-electron chi connectivity index (χ4n) is 2.62. The van der Waals surface area contributed by atoms with E-state index in [1.165, 1.54) is 59.4 Å². The Kier molecular flexibility index (Phi) is 5.06. The second-order valence-corrected chi connectivity index (χ2v) is 9.08. The Morgan fingerprint density at radius 3 is 2.55 bits per heavy atom. The van der Waals surface area contributed by atoms with E-state index >= 15 is 0 Å². The summed E-state index contributed by atoms with van der Waals surface area (Å²) in [4.78, 5) is 20.3. The highest BCUT2D eigenvalue weighted by molar-refractivity contribution is 7.93. The summed E-state index contributed by atoms with van der Waals surface area (Å²) < 4.78 is 60.2. The second kappa shape index (κ2) is 7.46. The van der Waals surface area contributed by atoms with Gasteiger partial charge in [0.25, 0.3) is 0 Å². The molecular weight excluding hydrogens is 459 g/mol. The van der Waals surface area contributed by atoms with E-state index in [0.29, 0.717) is 9.92 Å². The first-order chi connectivity index (χ1) is 14.5. The molecule has 4 rings (SSSR count). The molecule has 0 aliphatic carbocycles. The Bertz CT molecular complexity index is 1420. The Labute approximate surface area is 177 Å². The number of imidazole rings is 1. The van der Waals surface area contributed by atoms with Crippen LogP contribution in [0.5, 0.6) is 0 Å². The van der Waals surface area contributed by atoms with Crippen LogP contribution in [0, 0.1) is 0 Å². The van der Waals surface area contributed by atoms with E-state index in [1.807, 2.05) is 0 Å². The number of benzene rings is 1. The van der Waals surface area contributed by atoms with Gasteiger partial charge in [-0.3, -0.25) is 4.79 Å². The second-order valence-electron chi connectivity index (χ2n) is 6.38. The van der Waals surface area contributed by atoms with Crippen molar-refractivity contribution in [1.29, 1.82) is 0 Å². The average molecular weight is 470 g/mol. The number of pyridine rings is 1. The average Bonchev–Trinajstić information content (AvgIpc) is 3.34. The zero-order valence-corrected chi connectivity index (χ0v) is 17.1. The van der Waals surface area contributed by atoms with Crippen molar-refractivity contribution in [2.75, 3.05) is 6.26 Å². The minimum Gasteiger partial charge on any atom is -0.329 e. The van der Waals surface area contributed by atoms with E-state index in [4.69, 9.17) is 11.6 Å². The number of rotatable bonds is 3. The van der Waals surface area contributed by atoms with Crippen LogP contribution in [0.4, 0.5) is 13.2 Å². The van der Waals surface area contributed by atoms with Crippen LogP contribution in [0.25, 0.3) is 17.0 Å². The molecule has 3 aromatic heterocycles. The van der Waals surface area contributed by atoms with Crippen LogP contribution >= 0.6 is 11.6 Å². The first kappa shape index (κ1) is 21.0. The highest BCUT2D eigenvalue weighted by atomic mass is 35.5. The van der Waals surface area contributed by atoms with Crippen LogP contribution in [0.3, 0.4) is 0 Å². The third kappa shape index (κ3) is 4.30. The van der Waals surface area contributed by atoms with Gasteiger partial charge in [0.15, 0.2) is 0 Å². The van der Waals surface area contributed by atoms with Gasteiger partial charge >= 0.3 is 18.0 Å². The molecule has 0 spiro atoms. The van der Waals surface area contributed by atoms with Crippen molar-refractivity contribution in [3.05, 3.63) is 65.4 Å². The molecule has 13 heteroatoms. The maximum Gasteiger partial charge on any atom is 0.471 e. The lowest BCUT2D eigenvalue weighted by molar-refractivity contribution is -0.159. The number of carbonyl (C=O) groups excluding carboxylic acids is 1. The highest BCUT2D eigenvalue weighted by Gasteiger charge is 2.38. The number of aromatic nitrogens is 4. The SMILES string of the molecule is CS(=O)(=NC(=O)c1cn2ccc(-c3noc(C(F)(F)F)n3)cc2n1)c1ccc(Cl)cc1. The third-order valence-electron chi connectivity index (χ3n) is 4.11. The number of carbonyl (C=O) groups is 1. The smallest absolute Gasteiger partial charge is 0.329 e. The predicted molar refractivity (Wildman–Crippen MR) is 104 cm³/mol. The highest BCUT2D eigenvalue weighted by Crippen LogP contribution is 2.29. The minimum absolute atomic E-state index is 0.0928. The van der Waals surface area contributed by atoms with Gasteiger partial charge in [0.1, 0.15) is 11.3 Å². The van der Waals surface area contributed by atoms with Crippen LogP contribution in [0.2, 0.25) is 5.02 Å². The first-order valence-electron chi connectivity index (χ1n) is 8.45. The molecule has 0 N–H and O–H groups in total. The van der Waals surface area contributed by atoms with E-state index < -0.39 is 27.7 Å². The van der Waals surface area contributed by atoms with Gasteiger partial charge in [0.05, 0.1) is 9.73 Å². The van der Waals surface area contributed by atoms with Gasteiger partial charge in [-0.2, -0.15) is 22.5 Å². The monoisotopic (exact) mass is 469 g/mol. The standard InChI is InChI=1S/C18H11ClF3N5O3S/c1-31(29,12-4-2-11(19)3-5-12)26-16(28)13-9-27-7-6-10(8-14(27)23-13)15-24-17(30-25-15)18(20,21)22/h2-9H,1H3. The van der Waals surface area contributed by atoms with E-state index in [1.54, 1.807) is 0 Å². The lowest BCUT2D eigenvalue weighted by Gasteiger charge is -2.03. The normalized spacial score (nSPS) is 13.8. The van der Waals surface area contributed by atoms with Crippen molar-refractivity contribution in [1.82, 2.24) is 19.5 Å². The summed E-state index contributed by atoms with van der Waals surface area (Å²) in [7, 11) is -3.05. The number of alkyl halides is 3. The van der Waals surface area contributed by atoms with Gasteiger partial charge in [-0.05, 0) is 36.4 Å². The van der Waals surface area contributed by atoms with Gasteiger partial charge in [0, 0.05) is 34.1 Å². The fraction of sp³-hybridized carbons (Fsp3) is 0.111. The summed E-state index contributed by atoms with van der Waals surface area (Å²) in [6, 6.07) is 8.91. The first-order valence-corrected chi connectivity index (χ1v) is 10.8. The number of amides is 1. The van der Waals surface area contributed by atoms with Gasteiger partial charge < -0.3 is 8.92 Å². The molecule has 3 heterocycles. The summed E-state index contributed by atoms with van der Waals surface area (Å²) in [5.41, 5.74) is 0.335. The number of hydrogen-bond donors (Lipinski definition) is 0. The number of nitrogens with zero attached hydrogens (tertiary/aromatic N) is 5. The van der Waals surface area contributed by atoms with Crippen molar-refractivity contribution in [3.63, 3.8) is 0 Å². The Morgan fingerprint density at radius 1 is 1.19 bits per heavy atom. The molecule has 4 aromatic rings. The zero-order valence-electron chi connectivity index (χ0n) is 15.5. The Morgan fingerprint density at radius 2 is 1.90 bits per heavy atom. The van der Waals surface area contributed by atoms with E-state index in [-0.39, 0.29) is 22.7 Å². The molecule has 0 bridgehead atoms. The predicted octanol–water partition coefficient (Wildman–Crippen LogP) is 4.35. The fourth-order valence-corrected chi connectivity index (χ4v) is 3.91. The summed E-state index contributed by atoms with van der Waals surface area (Å²) in [5, 5.41) is 3.76. The molecule has 1 unspecified atom stereocenters. The van der Waals surface area contributed by atoms with Crippen LogP contribution in [0.1, 0.15) is 16.4 Å². The molecule has 160 valence electrons. The lowest BCUT2D eigenvalue weighted by atomic mass is 10.2.